The van der Waals surface area contributed by atoms with Crippen LogP contribution in [0.15, 0.2) is 72.8 Å². The summed E-state index contributed by atoms with van der Waals surface area (Å²) < 4.78 is 10.6. The van der Waals surface area contributed by atoms with Crippen LogP contribution in [0.3, 0.4) is 0 Å². The van der Waals surface area contributed by atoms with Crippen molar-refractivity contribution in [3.8, 4) is 11.5 Å². The molecule has 0 atom stereocenters. The van der Waals surface area contributed by atoms with Gasteiger partial charge >= 0.3 is 12.1 Å². The highest BCUT2D eigenvalue weighted by Gasteiger charge is 2.19. The maximum Gasteiger partial charge on any atom is 0.323 e. The number of anilines is 3. The molecule has 4 rings (SSSR count). The standard InChI is InChI=1S/C28H29ClN4O5/c1-37-26-5-3-2-4-25(26)31-27(35)30-21-8-6-19(7-9-21)20-12-14-33(15-13-20)28(36)32-24-11-10-22(18-23(24)29)38-17-16-34/h2-12,18,34H,13-17H2,1H3,(H,32,36)(H2,30,31,35). The van der Waals surface area contributed by atoms with Crippen LogP contribution in [-0.2, 0) is 0 Å². The molecule has 4 amide bonds. The van der Waals surface area contributed by atoms with E-state index in [1.165, 1.54) is 0 Å². The number of aliphatic hydroxyl groups is 1. The summed E-state index contributed by atoms with van der Waals surface area (Å²) in [5.74, 6) is 1.10. The van der Waals surface area contributed by atoms with E-state index < -0.39 is 0 Å². The first-order chi connectivity index (χ1) is 18.5. The predicted molar refractivity (Wildman–Crippen MR) is 149 cm³/mol. The molecular formula is C28H29ClN4O5. The molecule has 0 saturated heterocycles. The molecule has 0 saturated carbocycles. The third-order valence-electron chi connectivity index (χ3n) is 5.91. The SMILES string of the molecule is COc1ccccc1NC(=O)Nc1ccc(C2=CCN(C(=O)Nc3ccc(OCCO)cc3Cl)CC2)cc1. The highest BCUT2D eigenvalue weighted by atomic mass is 35.5. The first-order valence-electron chi connectivity index (χ1n) is 12.1. The van der Waals surface area contributed by atoms with Gasteiger partial charge in [0.1, 0.15) is 18.1 Å². The van der Waals surface area contributed by atoms with Crippen LogP contribution >= 0.6 is 11.6 Å². The van der Waals surface area contributed by atoms with Crippen LogP contribution < -0.4 is 25.4 Å². The van der Waals surface area contributed by atoms with Crippen LogP contribution in [0.25, 0.3) is 5.57 Å². The zero-order chi connectivity index (χ0) is 26.9. The Morgan fingerprint density at radius 1 is 1.00 bits per heavy atom. The van der Waals surface area contributed by atoms with E-state index in [1.54, 1.807) is 42.3 Å². The molecule has 38 heavy (non-hydrogen) atoms. The number of para-hydroxylation sites is 2. The number of hydrogen-bond acceptors (Lipinski definition) is 5. The van der Waals surface area contributed by atoms with Crippen LogP contribution in [0.4, 0.5) is 26.7 Å². The van der Waals surface area contributed by atoms with Crippen LogP contribution in [0, 0.1) is 0 Å². The number of nitrogens with zero attached hydrogens (tertiary/aromatic N) is 1. The highest BCUT2D eigenvalue weighted by molar-refractivity contribution is 6.33. The molecule has 0 unspecified atom stereocenters. The van der Waals surface area contributed by atoms with E-state index in [-0.39, 0.29) is 25.3 Å². The number of hydrogen-bond donors (Lipinski definition) is 4. The van der Waals surface area contributed by atoms with E-state index in [0.717, 1.165) is 11.1 Å². The Bertz CT molecular complexity index is 1310. The van der Waals surface area contributed by atoms with Gasteiger partial charge in [-0.25, -0.2) is 9.59 Å². The Hall–Kier alpha value is -4.21. The van der Waals surface area contributed by atoms with Crippen molar-refractivity contribution in [1.82, 2.24) is 4.90 Å². The summed E-state index contributed by atoms with van der Waals surface area (Å²) in [5.41, 5.74) is 3.88. The van der Waals surface area contributed by atoms with Gasteiger partial charge in [0.05, 0.1) is 30.1 Å². The predicted octanol–water partition coefficient (Wildman–Crippen LogP) is 5.68. The van der Waals surface area contributed by atoms with Gasteiger partial charge in [-0.15, -0.1) is 0 Å². The third kappa shape index (κ3) is 6.96. The summed E-state index contributed by atoms with van der Waals surface area (Å²) in [7, 11) is 1.55. The largest absolute Gasteiger partial charge is 0.495 e. The molecule has 3 aromatic carbocycles. The van der Waals surface area contributed by atoms with Crippen molar-refractivity contribution in [1.29, 1.82) is 0 Å². The van der Waals surface area contributed by atoms with Crippen LogP contribution in [-0.4, -0.2) is 55.5 Å². The summed E-state index contributed by atoms with van der Waals surface area (Å²) in [4.78, 5) is 26.8. The Kier molecular flexibility index (Phi) is 9.07. The van der Waals surface area contributed by atoms with E-state index in [9.17, 15) is 9.59 Å². The molecule has 10 heteroatoms. The Labute approximate surface area is 226 Å². The number of ether oxygens (including phenoxy) is 2. The van der Waals surface area contributed by atoms with E-state index in [4.69, 9.17) is 26.2 Å². The molecule has 1 aliphatic rings. The summed E-state index contributed by atoms with van der Waals surface area (Å²) >= 11 is 6.27. The molecule has 198 valence electrons. The van der Waals surface area contributed by atoms with Gasteiger partial charge in [0.25, 0.3) is 0 Å². The molecule has 3 aromatic rings. The normalized spacial score (nSPS) is 12.8. The van der Waals surface area contributed by atoms with Crippen molar-refractivity contribution in [2.24, 2.45) is 0 Å². The minimum absolute atomic E-state index is 0.0937. The number of methoxy groups -OCH3 is 1. The number of amides is 4. The van der Waals surface area contributed by atoms with Crippen molar-refractivity contribution in [2.45, 2.75) is 6.42 Å². The van der Waals surface area contributed by atoms with E-state index >= 15 is 0 Å². The highest BCUT2D eigenvalue weighted by Crippen LogP contribution is 2.29. The molecule has 1 heterocycles. The number of carbonyl (C=O) groups is 2. The molecule has 9 nitrogen and oxygen atoms in total. The lowest BCUT2D eigenvalue weighted by molar-refractivity contribution is 0.201. The molecule has 0 fully saturated rings. The number of benzene rings is 3. The van der Waals surface area contributed by atoms with Crippen LogP contribution in [0.1, 0.15) is 12.0 Å². The fourth-order valence-corrected chi connectivity index (χ4v) is 4.18. The van der Waals surface area contributed by atoms with Gasteiger partial charge in [0.2, 0.25) is 0 Å². The van der Waals surface area contributed by atoms with Gasteiger partial charge in [-0.3, -0.25) is 0 Å². The minimum Gasteiger partial charge on any atom is -0.495 e. The fraction of sp³-hybridized carbons (Fsp3) is 0.214. The fourth-order valence-electron chi connectivity index (χ4n) is 3.96. The quantitative estimate of drug-likeness (QED) is 0.296. The van der Waals surface area contributed by atoms with Gasteiger partial charge < -0.3 is 35.4 Å². The molecule has 1 aliphatic heterocycles. The second kappa shape index (κ2) is 12.8. The smallest absolute Gasteiger partial charge is 0.323 e. The van der Waals surface area contributed by atoms with Gasteiger partial charge in [0, 0.05) is 24.8 Å². The van der Waals surface area contributed by atoms with Crippen molar-refractivity contribution in [2.75, 3.05) is 49.4 Å². The zero-order valence-corrected chi connectivity index (χ0v) is 21.6. The number of halogens is 1. The van der Waals surface area contributed by atoms with Crippen molar-refractivity contribution in [3.63, 3.8) is 0 Å². The third-order valence-corrected chi connectivity index (χ3v) is 6.22. The molecule has 0 aromatic heterocycles. The summed E-state index contributed by atoms with van der Waals surface area (Å²) in [6, 6.07) is 19.1. The number of nitrogens with one attached hydrogen (secondary N) is 3. The van der Waals surface area contributed by atoms with Gasteiger partial charge in [0.15, 0.2) is 0 Å². The maximum absolute atomic E-state index is 12.7. The van der Waals surface area contributed by atoms with E-state index in [0.29, 0.717) is 53.1 Å². The molecule has 0 aliphatic carbocycles. The lowest BCUT2D eigenvalue weighted by Gasteiger charge is -2.27. The lowest BCUT2D eigenvalue weighted by Crippen LogP contribution is -2.37. The van der Waals surface area contributed by atoms with Crippen molar-refractivity contribution >= 4 is 46.3 Å². The average Bonchev–Trinajstić information content (AvgIpc) is 2.94. The molecule has 0 spiro atoms. The molecule has 4 N–H and O–H groups in total. The lowest BCUT2D eigenvalue weighted by atomic mass is 9.99. The average molecular weight is 537 g/mol. The Balaban J connectivity index is 1.30. The minimum atomic E-state index is -0.367. The topological polar surface area (TPSA) is 112 Å². The van der Waals surface area contributed by atoms with E-state index in [1.807, 2.05) is 42.5 Å². The van der Waals surface area contributed by atoms with Crippen LogP contribution in [0.5, 0.6) is 11.5 Å². The summed E-state index contributed by atoms with van der Waals surface area (Å²) in [6.45, 7) is 1.08. The molecule has 0 bridgehead atoms. The Morgan fingerprint density at radius 3 is 2.47 bits per heavy atom. The van der Waals surface area contributed by atoms with E-state index in [2.05, 4.69) is 16.0 Å². The van der Waals surface area contributed by atoms with Gasteiger partial charge in [-0.05, 0) is 54.0 Å². The van der Waals surface area contributed by atoms with Gasteiger partial charge in [-0.1, -0.05) is 41.9 Å². The Morgan fingerprint density at radius 2 is 1.79 bits per heavy atom. The van der Waals surface area contributed by atoms with Crippen LogP contribution in [0.2, 0.25) is 5.02 Å². The van der Waals surface area contributed by atoms with Crippen molar-refractivity contribution in [3.05, 3.63) is 83.4 Å². The monoisotopic (exact) mass is 536 g/mol. The summed E-state index contributed by atoms with van der Waals surface area (Å²) in [5, 5.41) is 17.7. The number of urea groups is 2. The number of carbonyl (C=O) groups excluding carboxylic acids is 2. The summed E-state index contributed by atoms with van der Waals surface area (Å²) in [6.07, 6.45) is 2.71. The molecule has 0 radical (unpaired) electrons. The molecular weight excluding hydrogens is 508 g/mol. The second-order valence-electron chi connectivity index (χ2n) is 8.43. The van der Waals surface area contributed by atoms with Gasteiger partial charge in [-0.2, -0.15) is 0 Å². The first kappa shape index (κ1) is 26.8. The second-order valence-corrected chi connectivity index (χ2v) is 8.83. The van der Waals surface area contributed by atoms with Crippen molar-refractivity contribution < 1.29 is 24.2 Å². The number of aliphatic hydroxyl groups excluding tert-OH is 1. The zero-order valence-electron chi connectivity index (χ0n) is 20.9. The maximum atomic E-state index is 12.7. The first-order valence-corrected chi connectivity index (χ1v) is 12.4. The number of rotatable bonds is 8.